The lowest BCUT2D eigenvalue weighted by molar-refractivity contribution is -0.137. The lowest BCUT2D eigenvalue weighted by Crippen LogP contribution is -2.27. The Bertz CT molecular complexity index is 1400. The average molecular weight is 538 g/mol. The van der Waals surface area contributed by atoms with E-state index in [1.165, 1.54) is 29.7 Å². The van der Waals surface area contributed by atoms with Crippen LogP contribution >= 0.6 is 0 Å². The molecular formula is C25H23F5N4O4. The molecule has 3 rings (SSSR count). The summed E-state index contributed by atoms with van der Waals surface area (Å²) >= 11 is 0. The smallest absolute Gasteiger partial charge is 0.314 e. The van der Waals surface area contributed by atoms with Gasteiger partial charge in [-0.1, -0.05) is 13.0 Å². The van der Waals surface area contributed by atoms with Crippen molar-refractivity contribution in [3.8, 4) is 0 Å². The van der Waals surface area contributed by atoms with E-state index in [1.807, 2.05) is 0 Å². The summed E-state index contributed by atoms with van der Waals surface area (Å²) in [6.07, 6.45) is -4.92. The van der Waals surface area contributed by atoms with Gasteiger partial charge in [0.15, 0.2) is 5.82 Å². The molecule has 13 heteroatoms. The molecule has 1 atom stereocenters. The van der Waals surface area contributed by atoms with E-state index in [1.54, 1.807) is 13.8 Å². The summed E-state index contributed by atoms with van der Waals surface area (Å²) in [5, 5.41) is 2.32. The summed E-state index contributed by atoms with van der Waals surface area (Å²) < 4.78 is 68.8. The van der Waals surface area contributed by atoms with E-state index < -0.39 is 52.5 Å². The van der Waals surface area contributed by atoms with Gasteiger partial charge in [0.25, 0.3) is 5.91 Å². The third-order valence-corrected chi connectivity index (χ3v) is 5.62. The van der Waals surface area contributed by atoms with Crippen LogP contribution in [0.2, 0.25) is 0 Å². The Morgan fingerprint density at radius 3 is 2.34 bits per heavy atom. The van der Waals surface area contributed by atoms with Gasteiger partial charge in [-0.15, -0.1) is 0 Å². The molecule has 0 unspecified atom stereocenters. The molecule has 0 saturated carbocycles. The lowest BCUT2D eigenvalue weighted by Gasteiger charge is -2.19. The van der Waals surface area contributed by atoms with Crippen LogP contribution in [0.3, 0.4) is 0 Å². The summed E-state index contributed by atoms with van der Waals surface area (Å²) in [5.41, 5.74) is 1.14. The number of ketones is 1. The maximum Gasteiger partial charge on any atom is 0.416 e. The van der Waals surface area contributed by atoms with Crippen LogP contribution in [0.25, 0.3) is 0 Å². The molecule has 202 valence electrons. The molecule has 0 aliphatic carbocycles. The summed E-state index contributed by atoms with van der Waals surface area (Å²) in [6, 6.07) is 5.29. The van der Waals surface area contributed by atoms with Crippen LogP contribution in [0.15, 0.2) is 36.4 Å². The van der Waals surface area contributed by atoms with Gasteiger partial charge in [-0.3, -0.25) is 19.2 Å². The molecule has 2 amide bonds. The van der Waals surface area contributed by atoms with Gasteiger partial charge in [0.05, 0.1) is 24.9 Å². The Morgan fingerprint density at radius 1 is 1.05 bits per heavy atom. The molecule has 0 fully saturated rings. The van der Waals surface area contributed by atoms with Gasteiger partial charge < -0.3 is 9.88 Å². The Morgan fingerprint density at radius 2 is 1.74 bits per heavy atom. The van der Waals surface area contributed by atoms with Gasteiger partial charge in [0.2, 0.25) is 5.82 Å². The number of halogens is 5. The highest BCUT2D eigenvalue weighted by molar-refractivity contribution is 6.05. The third-order valence-electron chi connectivity index (χ3n) is 5.62. The third kappa shape index (κ3) is 6.22. The predicted molar refractivity (Wildman–Crippen MR) is 125 cm³/mol. The second kappa shape index (κ2) is 11.1. The van der Waals surface area contributed by atoms with Crippen molar-refractivity contribution < 1.29 is 41.2 Å². The zero-order valence-electron chi connectivity index (χ0n) is 20.7. The lowest BCUT2D eigenvalue weighted by atomic mass is 9.93. The second-order valence-corrected chi connectivity index (χ2v) is 8.50. The number of carbonyl (C=O) groups excluding carboxylic acids is 3. The monoisotopic (exact) mass is 538 g/mol. The molecule has 2 aromatic carbocycles. The molecule has 3 aromatic rings. The fourth-order valence-electron chi connectivity index (χ4n) is 3.98. The van der Waals surface area contributed by atoms with Crippen molar-refractivity contribution in [2.75, 3.05) is 12.4 Å². The molecule has 1 heterocycles. The number of alkyl halides is 3. The zero-order chi connectivity index (χ0) is 28.4. The quantitative estimate of drug-likeness (QED) is 0.318. The number of nitrogens with zero attached hydrogens (tertiary/aromatic N) is 2. The fraction of sp³-hybridized carbons (Fsp3) is 0.280. The molecule has 38 heavy (non-hydrogen) atoms. The van der Waals surface area contributed by atoms with Crippen LogP contribution < -0.4 is 10.8 Å². The minimum Gasteiger partial charge on any atom is -0.314 e. The number of nitrogens with one attached hydrogen (secondary N) is 2. The normalized spacial score (nSPS) is 12.2. The zero-order valence-corrected chi connectivity index (χ0v) is 20.7. The van der Waals surface area contributed by atoms with Gasteiger partial charge in [-0.25, -0.2) is 19.2 Å². The van der Waals surface area contributed by atoms with E-state index >= 15 is 0 Å². The molecule has 8 nitrogen and oxygen atoms in total. The number of hydrogen-bond donors (Lipinski definition) is 2. The molecule has 1 aromatic heterocycles. The van der Waals surface area contributed by atoms with E-state index in [2.05, 4.69) is 20.6 Å². The van der Waals surface area contributed by atoms with Crippen molar-refractivity contribution in [3.05, 3.63) is 81.8 Å². The Balaban J connectivity index is 2.20. The first-order valence-corrected chi connectivity index (χ1v) is 11.1. The first-order chi connectivity index (χ1) is 17.7. The van der Waals surface area contributed by atoms with Crippen LogP contribution in [0.4, 0.5) is 27.8 Å². The number of aryl methyl sites for hydroxylation is 1. The van der Waals surface area contributed by atoms with Crippen LogP contribution in [0.5, 0.6) is 0 Å². The summed E-state index contributed by atoms with van der Waals surface area (Å²) in [4.78, 5) is 46.5. The first-order valence-electron chi connectivity index (χ1n) is 11.1. The summed E-state index contributed by atoms with van der Waals surface area (Å²) in [5.74, 6) is -5.79. The van der Waals surface area contributed by atoms with Gasteiger partial charge in [-0.05, 0) is 55.3 Å². The maximum absolute atomic E-state index is 14.1. The van der Waals surface area contributed by atoms with Crippen molar-refractivity contribution >= 4 is 23.4 Å². The Hall–Kier alpha value is -4.13. The summed E-state index contributed by atoms with van der Waals surface area (Å²) in [6.45, 7) is 4.15. The van der Waals surface area contributed by atoms with Crippen LogP contribution in [0.1, 0.15) is 63.1 Å². The van der Waals surface area contributed by atoms with Gasteiger partial charge in [0, 0.05) is 11.5 Å². The number of anilines is 1. The molecule has 0 radical (unpaired) electrons. The SMILES string of the molecule is CONC(=O)c1nc(NC(=O)c2cc(F)cc(C(F)(F)F)c2)c([C@@H](C)c2cc(F)ccc2C)n1CC(C)=O. The topological polar surface area (TPSA) is 102 Å². The van der Waals surface area contributed by atoms with Crippen molar-refractivity contribution in [2.45, 2.75) is 39.4 Å². The van der Waals surface area contributed by atoms with Crippen LogP contribution in [-0.2, 0) is 22.4 Å². The number of imidazole rings is 1. The largest absolute Gasteiger partial charge is 0.416 e. The highest BCUT2D eigenvalue weighted by Crippen LogP contribution is 2.34. The standard InChI is InChI=1S/C25H23F5N4O4/c1-12-5-6-17(26)10-19(12)14(3)20-21(31-22(24(37)33-38-4)34(20)11-13(2)35)32-23(36)15-7-16(25(28,29)30)9-18(27)8-15/h5-10,14H,11H2,1-4H3,(H,32,36)(H,33,37)/t14-/m0/s1. The summed E-state index contributed by atoms with van der Waals surface area (Å²) in [7, 11) is 1.15. The van der Waals surface area contributed by atoms with E-state index in [0.29, 0.717) is 23.3 Å². The van der Waals surface area contributed by atoms with Crippen molar-refractivity contribution in [1.29, 1.82) is 0 Å². The van der Waals surface area contributed by atoms with E-state index in [-0.39, 0.29) is 29.9 Å². The first kappa shape index (κ1) is 28.4. The average Bonchev–Trinajstić information content (AvgIpc) is 3.16. The highest BCUT2D eigenvalue weighted by Gasteiger charge is 2.33. The van der Waals surface area contributed by atoms with Crippen LogP contribution in [-0.4, -0.2) is 34.3 Å². The minimum absolute atomic E-state index is 0.0796. The minimum atomic E-state index is -4.92. The highest BCUT2D eigenvalue weighted by atomic mass is 19.4. The van der Waals surface area contributed by atoms with Gasteiger partial charge in [0.1, 0.15) is 17.4 Å². The van der Waals surface area contributed by atoms with Gasteiger partial charge >= 0.3 is 12.1 Å². The number of Topliss-reactive ketones (excluding diaryl/α,β-unsaturated/α-hetero) is 1. The predicted octanol–water partition coefficient (Wildman–Crippen LogP) is 4.77. The Labute approximate surface area is 213 Å². The number of benzene rings is 2. The number of hydrogen-bond acceptors (Lipinski definition) is 5. The van der Waals surface area contributed by atoms with E-state index in [9.17, 15) is 36.3 Å². The number of hydroxylamine groups is 1. The molecule has 0 spiro atoms. The Kier molecular flexibility index (Phi) is 8.30. The van der Waals surface area contributed by atoms with E-state index in [0.717, 1.165) is 7.11 Å². The van der Waals surface area contributed by atoms with Crippen LogP contribution in [0, 0.1) is 18.6 Å². The second-order valence-electron chi connectivity index (χ2n) is 8.50. The molecule has 2 N–H and O–H groups in total. The molecule has 0 saturated heterocycles. The molecule has 0 bridgehead atoms. The van der Waals surface area contributed by atoms with Crippen molar-refractivity contribution in [2.24, 2.45) is 0 Å². The number of aromatic nitrogens is 2. The number of amides is 2. The maximum atomic E-state index is 14.1. The number of carbonyl (C=O) groups is 3. The molecule has 0 aliphatic heterocycles. The number of rotatable bonds is 8. The fourth-order valence-corrected chi connectivity index (χ4v) is 3.98. The molecular weight excluding hydrogens is 515 g/mol. The van der Waals surface area contributed by atoms with Crippen molar-refractivity contribution in [1.82, 2.24) is 15.0 Å². The molecule has 0 aliphatic rings. The van der Waals surface area contributed by atoms with E-state index in [4.69, 9.17) is 0 Å². The van der Waals surface area contributed by atoms with Gasteiger partial charge in [-0.2, -0.15) is 13.2 Å². The van der Waals surface area contributed by atoms with Crippen molar-refractivity contribution in [3.63, 3.8) is 0 Å².